The van der Waals surface area contributed by atoms with Gasteiger partial charge in [0.05, 0.1) is 18.5 Å². The van der Waals surface area contributed by atoms with Crippen LogP contribution in [0.5, 0.6) is 5.75 Å². The summed E-state index contributed by atoms with van der Waals surface area (Å²) in [4.78, 5) is 0. The fourth-order valence-corrected chi connectivity index (χ4v) is 1.95. The van der Waals surface area contributed by atoms with Crippen molar-refractivity contribution in [1.82, 2.24) is 5.32 Å². The molecular formula is C15H12NO. The van der Waals surface area contributed by atoms with Crippen molar-refractivity contribution in [3.05, 3.63) is 59.7 Å². The van der Waals surface area contributed by atoms with Crippen LogP contribution in [0.2, 0.25) is 0 Å². The fourth-order valence-electron chi connectivity index (χ4n) is 1.95. The molecule has 3 rings (SSSR count). The number of methoxy groups -OCH3 is 1. The van der Waals surface area contributed by atoms with E-state index in [9.17, 15) is 0 Å². The molecule has 1 radical (unpaired) electrons. The lowest BCUT2D eigenvalue weighted by molar-refractivity contribution is 0.414. The number of nitrogens with zero attached hydrogens (tertiary/aromatic N) is 1. The molecule has 0 atom stereocenters. The van der Waals surface area contributed by atoms with Gasteiger partial charge in [0.15, 0.2) is 0 Å². The van der Waals surface area contributed by atoms with Crippen molar-refractivity contribution >= 4 is 17.5 Å². The molecule has 2 aromatic rings. The Kier molecular flexibility index (Phi) is 2.33. The summed E-state index contributed by atoms with van der Waals surface area (Å²) in [5.74, 6) is 0.856. The van der Waals surface area contributed by atoms with E-state index >= 15 is 0 Å². The highest BCUT2D eigenvalue weighted by Crippen LogP contribution is 2.32. The van der Waals surface area contributed by atoms with Crippen molar-refractivity contribution in [2.75, 3.05) is 7.11 Å². The molecule has 0 aliphatic carbocycles. The maximum Gasteiger partial charge on any atom is 0.119 e. The largest absolute Gasteiger partial charge is 0.497 e. The van der Waals surface area contributed by atoms with Crippen molar-refractivity contribution in [3.8, 4) is 5.75 Å². The fraction of sp³-hybridized carbons (Fsp3) is 0.0667. The predicted molar refractivity (Wildman–Crippen MR) is 69.1 cm³/mol. The zero-order valence-corrected chi connectivity index (χ0v) is 9.55. The van der Waals surface area contributed by atoms with E-state index in [4.69, 9.17) is 4.74 Å². The highest BCUT2D eigenvalue weighted by molar-refractivity contribution is 5.91. The van der Waals surface area contributed by atoms with E-state index in [-0.39, 0.29) is 0 Å². The molecule has 0 N–H and O–H groups in total. The van der Waals surface area contributed by atoms with Gasteiger partial charge < -0.3 is 4.74 Å². The highest BCUT2D eigenvalue weighted by atomic mass is 16.5. The van der Waals surface area contributed by atoms with Gasteiger partial charge in [-0.25, -0.2) is 5.32 Å². The standard InChI is InChI=1S/C15H12NO/c1-17-13-7-4-6-11(9-13)15-10-12-5-2-3-8-14(12)16-15/h2-10H,1H3. The molecule has 0 unspecified atom stereocenters. The summed E-state index contributed by atoms with van der Waals surface area (Å²) in [7, 11) is 1.67. The van der Waals surface area contributed by atoms with E-state index < -0.39 is 0 Å². The highest BCUT2D eigenvalue weighted by Gasteiger charge is 2.14. The molecule has 0 saturated heterocycles. The Hall–Kier alpha value is -2.22. The summed E-state index contributed by atoms with van der Waals surface area (Å²) >= 11 is 0. The molecule has 2 aromatic carbocycles. The Morgan fingerprint density at radius 3 is 2.71 bits per heavy atom. The zero-order valence-electron chi connectivity index (χ0n) is 9.55. The Balaban J connectivity index is 1.98. The Morgan fingerprint density at radius 2 is 1.88 bits per heavy atom. The molecule has 17 heavy (non-hydrogen) atoms. The van der Waals surface area contributed by atoms with Crippen molar-refractivity contribution < 1.29 is 4.74 Å². The third-order valence-electron chi connectivity index (χ3n) is 2.84. The van der Waals surface area contributed by atoms with Gasteiger partial charge in [0, 0.05) is 11.1 Å². The van der Waals surface area contributed by atoms with E-state index in [2.05, 4.69) is 17.5 Å². The first-order chi connectivity index (χ1) is 8.36. The molecule has 1 heterocycles. The molecule has 0 spiro atoms. The number of fused-ring (bicyclic) bond motifs is 1. The molecule has 0 amide bonds. The van der Waals surface area contributed by atoms with Crippen molar-refractivity contribution in [2.24, 2.45) is 0 Å². The smallest absolute Gasteiger partial charge is 0.119 e. The Morgan fingerprint density at radius 1 is 1.00 bits per heavy atom. The second-order valence-electron chi connectivity index (χ2n) is 3.93. The van der Waals surface area contributed by atoms with Gasteiger partial charge in [-0.15, -0.1) is 0 Å². The number of hydrogen-bond donors (Lipinski definition) is 0. The van der Waals surface area contributed by atoms with Crippen LogP contribution >= 0.6 is 0 Å². The molecule has 0 aromatic heterocycles. The van der Waals surface area contributed by atoms with Crippen LogP contribution in [-0.2, 0) is 0 Å². The lowest BCUT2D eigenvalue weighted by Crippen LogP contribution is -1.93. The van der Waals surface area contributed by atoms with Gasteiger partial charge in [0.1, 0.15) is 5.75 Å². The van der Waals surface area contributed by atoms with E-state index in [1.807, 2.05) is 42.5 Å². The number of benzene rings is 2. The topological polar surface area (TPSA) is 23.3 Å². The quantitative estimate of drug-likeness (QED) is 0.763. The van der Waals surface area contributed by atoms with Crippen molar-refractivity contribution in [1.29, 1.82) is 0 Å². The molecule has 0 saturated carbocycles. The predicted octanol–water partition coefficient (Wildman–Crippen LogP) is 3.44. The van der Waals surface area contributed by atoms with E-state index in [0.29, 0.717) is 0 Å². The van der Waals surface area contributed by atoms with E-state index in [0.717, 1.165) is 22.7 Å². The van der Waals surface area contributed by atoms with Crippen LogP contribution in [0, 0.1) is 0 Å². The Bertz CT molecular complexity index is 587. The zero-order chi connectivity index (χ0) is 11.7. The minimum absolute atomic E-state index is 0.856. The van der Waals surface area contributed by atoms with Gasteiger partial charge in [-0.3, -0.25) is 0 Å². The van der Waals surface area contributed by atoms with Crippen LogP contribution in [0.15, 0.2) is 48.5 Å². The van der Waals surface area contributed by atoms with Crippen LogP contribution in [-0.4, -0.2) is 7.11 Å². The maximum absolute atomic E-state index is 5.22. The molecular weight excluding hydrogens is 210 g/mol. The van der Waals surface area contributed by atoms with Crippen LogP contribution in [0.25, 0.3) is 11.8 Å². The SMILES string of the molecule is COc1cccc(C2=Cc3ccccc3[N]2)c1. The van der Waals surface area contributed by atoms with Crippen LogP contribution in [0.3, 0.4) is 0 Å². The summed E-state index contributed by atoms with van der Waals surface area (Å²) in [5, 5.41) is 4.60. The van der Waals surface area contributed by atoms with E-state index in [1.54, 1.807) is 7.11 Å². The first kappa shape index (κ1) is 9.97. The van der Waals surface area contributed by atoms with Gasteiger partial charge in [-0.2, -0.15) is 0 Å². The van der Waals surface area contributed by atoms with Gasteiger partial charge in [0.2, 0.25) is 0 Å². The second-order valence-corrected chi connectivity index (χ2v) is 3.93. The van der Waals surface area contributed by atoms with E-state index in [1.165, 1.54) is 5.56 Å². The lowest BCUT2D eigenvalue weighted by atomic mass is 10.1. The van der Waals surface area contributed by atoms with Crippen molar-refractivity contribution in [2.45, 2.75) is 0 Å². The van der Waals surface area contributed by atoms with Crippen LogP contribution in [0.1, 0.15) is 11.1 Å². The molecule has 83 valence electrons. The number of ether oxygens (including phenoxy) is 1. The molecule has 1 aliphatic rings. The van der Waals surface area contributed by atoms with Gasteiger partial charge in [0.25, 0.3) is 0 Å². The first-order valence-corrected chi connectivity index (χ1v) is 5.54. The third kappa shape index (κ3) is 1.78. The summed E-state index contributed by atoms with van der Waals surface area (Å²) in [6.07, 6.45) is 2.10. The third-order valence-corrected chi connectivity index (χ3v) is 2.84. The monoisotopic (exact) mass is 222 g/mol. The number of rotatable bonds is 2. The molecule has 0 fully saturated rings. The summed E-state index contributed by atoms with van der Waals surface area (Å²) < 4.78 is 5.22. The number of para-hydroxylation sites is 1. The average Bonchev–Trinajstić information content (AvgIpc) is 2.82. The molecule has 0 bridgehead atoms. The van der Waals surface area contributed by atoms with Crippen molar-refractivity contribution in [3.63, 3.8) is 0 Å². The Labute approximate surface area is 101 Å². The minimum Gasteiger partial charge on any atom is -0.497 e. The summed E-state index contributed by atoms with van der Waals surface area (Å²) in [6, 6.07) is 16.1. The summed E-state index contributed by atoms with van der Waals surface area (Å²) in [6.45, 7) is 0. The van der Waals surface area contributed by atoms with Crippen LogP contribution < -0.4 is 10.1 Å². The maximum atomic E-state index is 5.22. The summed E-state index contributed by atoms with van der Waals surface area (Å²) in [5.41, 5.74) is 4.28. The molecule has 1 aliphatic heterocycles. The number of hydrogen-bond acceptors (Lipinski definition) is 1. The lowest BCUT2D eigenvalue weighted by Gasteiger charge is -2.05. The molecule has 2 nitrogen and oxygen atoms in total. The average molecular weight is 222 g/mol. The van der Waals surface area contributed by atoms with Gasteiger partial charge in [-0.1, -0.05) is 30.3 Å². The molecule has 2 heteroatoms. The van der Waals surface area contributed by atoms with Gasteiger partial charge in [-0.05, 0) is 24.3 Å². The normalized spacial score (nSPS) is 12.6. The minimum atomic E-state index is 0.856. The first-order valence-electron chi connectivity index (χ1n) is 5.54. The second kappa shape index (κ2) is 3.98. The van der Waals surface area contributed by atoms with Gasteiger partial charge >= 0.3 is 0 Å². The van der Waals surface area contributed by atoms with Crippen LogP contribution in [0.4, 0.5) is 5.69 Å².